The van der Waals surface area contributed by atoms with Gasteiger partial charge in [-0.3, -0.25) is 4.79 Å². The summed E-state index contributed by atoms with van der Waals surface area (Å²) in [5.41, 5.74) is 2.21. The van der Waals surface area contributed by atoms with Gasteiger partial charge in [0.05, 0.1) is 12.2 Å². The van der Waals surface area contributed by atoms with Crippen molar-refractivity contribution in [2.75, 3.05) is 14.1 Å². The molecule has 1 amide bonds. The van der Waals surface area contributed by atoms with E-state index in [9.17, 15) is 22.0 Å². The molecule has 7 nitrogen and oxygen atoms in total. The molecule has 11 heteroatoms. The lowest BCUT2D eigenvalue weighted by molar-refractivity contribution is 0.0945. The minimum atomic E-state index is -3.52. The van der Waals surface area contributed by atoms with Crippen molar-refractivity contribution in [1.29, 1.82) is 0 Å². The Hall–Kier alpha value is -2.63. The molecule has 0 atom stereocenters. The third-order valence-electron chi connectivity index (χ3n) is 5.09. The summed E-state index contributed by atoms with van der Waals surface area (Å²) >= 11 is 1.09. The number of rotatable bonds is 6. The monoisotopic (exact) mass is 466 g/mol. The Morgan fingerprint density at radius 1 is 1.19 bits per heavy atom. The molecule has 0 fully saturated rings. The van der Waals surface area contributed by atoms with Gasteiger partial charge in [-0.05, 0) is 43.5 Å². The predicted octanol–water partition coefficient (Wildman–Crippen LogP) is 2.88. The highest BCUT2D eigenvalue weighted by atomic mass is 32.2. The number of carbonyl (C=O) groups excluding carboxylic acids is 1. The van der Waals surface area contributed by atoms with E-state index in [2.05, 4.69) is 10.4 Å². The number of thiophene rings is 1. The third kappa shape index (κ3) is 4.00. The van der Waals surface area contributed by atoms with Gasteiger partial charge < -0.3 is 5.32 Å². The number of carbonyl (C=O) groups is 1. The summed E-state index contributed by atoms with van der Waals surface area (Å²) in [6.45, 7) is 0.152. The van der Waals surface area contributed by atoms with Gasteiger partial charge in [-0.15, -0.1) is 11.3 Å². The molecule has 2 aromatic heterocycles. The number of nitrogens with one attached hydrogen (secondary N) is 1. The molecule has 1 aliphatic carbocycles. The van der Waals surface area contributed by atoms with Crippen LogP contribution in [0.2, 0.25) is 0 Å². The molecule has 1 aromatic carbocycles. The Bertz CT molecular complexity index is 1270. The maximum Gasteiger partial charge on any atom is 0.272 e. The molecule has 1 aliphatic rings. The van der Waals surface area contributed by atoms with Crippen LogP contribution < -0.4 is 5.32 Å². The summed E-state index contributed by atoms with van der Waals surface area (Å²) < 4.78 is 54.2. The van der Waals surface area contributed by atoms with Gasteiger partial charge >= 0.3 is 0 Å². The fraction of sp³-hybridized carbons (Fsp3) is 0.300. The van der Waals surface area contributed by atoms with Gasteiger partial charge in [0, 0.05) is 36.3 Å². The molecule has 0 radical (unpaired) electrons. The third-order valence-corrected chi connectivity index (χ3v) is 8.46. The Labute approximate surface area is 182 Å². The molecule has 2 heterocycles. The molecule has 0 unspecified atom stereocenters. The topological polar surface area (TPSA) is 84.3 Å². The van der Waals surface area contributed by atoms with E-state index in [1.54, 1.807) is 6.07 Å². The predicted molar refractivity (Wildman–Crippen MR) is 112 cm³/mol. The SMILES string of the molecule is CN(C)S(=O)(=O)c1ccc(CNC(=O)c2nn(-c3ccc(F)c(F)c3)c3c2CCC3)s1. The fourth-order valence-corrected chi connectivity index (χ4v) is 5.94. The van der Waals surface area contributed by atoms with Crippen molar-refractivity contribution in [2.24, 2.45) is 0 Å². The van der Waals surface area contributed by atoms with Crippen LogP contribution in [0.3, 0.4) is 0 Å². The number of hydrogen-bond donors (Lipinski definition) is 1. The van der Waals surface area contributed by atoms with Gasteiger partial charge in [0.2, 0.25) is 0 Å². The van der Waals surface area contributed by atoms with Crippen molar-refractivity contribution in [3.05, 3.63) is 63.8 Å². The second kappa shape index (κ2) is 8.13. The van der Waals surface area contributed by atoms with Gasteiger partial charge in [-0.25, -0.2) is 26.2 Å². The number of benzene rings is 1. The van der Waals surface area contributed by atoms with E-state index in [-0.39, 0.29) is 16.4 Å². The van der Waals surface area contributed by atoms with Gasteiger partial charge in [0.25, 0.3) is 15.9 Å². The molecule has 0 saturated heterocycles. The quantitative estimate of drug-likeness (QED) is 0.606. The summed E-state index contributed by atoms with van der Waals surface area (Å²) in [6, 6.07) is 6.68. The maximum atomic E-state index is 13.7. The van der Waals surface area contributed by atoms with Crippen LogP contribution >= 0.6 is 11.3 Å². The van der Waals surface area contributed by atoms with Crippen molar-refractivity contribution in [3.63, 3.8) is 0 Å². The van der Waals surface area contributed by atoms with Crippen LogP contribution in [0.1, 0.15) is 33.0 Å². The number of nitrogens with zero attached hydrogens (tertiary/aromatic N) is 3. The standard InChI is InChI=1S/C20H20F2N4O3S2/c1-25(2)31(28,29)18-9-7-13(30-18)11-23-20(27)19-14-4-3-5-17(14)26(24-19)12-6-8-15(21)16(22)10-12/h6-10H,3-5,11H2,1-2H3,(H,23,27). The highest BCUT2D eigenvalue weighted by Gasteiger charge is 2.27. The van der Waals surface area contributed by atoms with E-state index >= 15 is 0 Å². The van der Waals surface area contributed by atoms with Gasteiger partial charge in [-0.2, -0.15) is 5.10 Å². The van der Waals surface area contributed by atoms with Crippen molar-refractivity contribution < 1.29 is 22.0 Å². The first-order chi connectivity index (χ1) is 14.7. The number of halogens is 2. The van der Waals surface area contributed by atoms with Crippen molar-refractivity contribution in [1.82, 2.24) is 19.4 Å². The zero-order valence-electron chi connectivity index (χ0n) is 16.9. The minimum Gasteiger partial charge on any atom is -0.346 e. The zero-order chi connectivity index (χ0) is 22.3. The summed E-state index contributed by atoms with van der Waals surface area (Å²) in [4.78, 5) is 13.5. The van der Waals surface area contributed by atoms with Crippen LogP contribution in [0.25, 0.3) is 5.69 Å². The zero-order valence-corrected chi connectivity index (χ0v) is 18.5. The minimum absolute atomic E-state index is 0.152. The van der Waals surface area contributed by atoms with Crippen LogP contribution in [0.15, 0.2) is 34.5 Å². The first kappa shape index (κ1) is 21.6. The Morgan fingerprint density at radius 2 is 1.97 bits per heavy atom. The number of fused-ring (bicyclic) bond motifs is 1. The number of hydrogen-bond acceptors (Lipinski definition) is 5. The van der Waals surface area contributed by atoms with Crippen LogP contribution in [-0.4, -0.2) is 42.5 Å². The maximum absolute atomic E-state index is 13.7. The van der Waals surface area contributed by atoms with E-state index in [0.717, 1.165) is 45.5 Å². The Kier molecular flexibility index (Phi) is 5.67. The highest BCUT2D eigenvalue weighted by molar-refractivity contribution is 7.91. The smallest absolute Gasteiger partial charge is 0.272 e. The largest absolute Gasteiger partial charge is 0.346 e. The van der Waals surface area contributed by atoms with Crippen LogP contribution in [0, 0.1) is 11.6 Å². The first-order valence-electron chi connectivity index (χ1n) is 9.54. The molecular formula is C20H20F2N4O3S2. The van der Waals surface area contributed by atoms with Gasteiger partial charge in [0.1, 0.15) is 4.21 Å². The molecule has 0 aliphatic heterocycles. The molecule has 0 bridgehead atoms. The highest BCUT2D eigenvalue weighted by Crippen LogP contribution is 2.29. The number of sulfonamides is 1. The van der Waals surface area contributed by atoms with Crippen molar-refractivity contribution in [2.45, 2.75) is 30.0 Å². The first-order valence-corrected chi connectivity index (χ1v) is 11.8. The lowest BCUT2D eigenvalue weighted by atomic mass is 10.2. The molecule has 0 saturated carbocycles. The lowest BCUT2D eigenvalue weighted by Crippen LogP contribution is -2.24. The molecule has 0 spiro atoms. The normalized spacial score (nSPS) is 13.6. The summed E-state index contributed by atoms with van der Waals surface area (Å²) in [5.74, 6) is -2.33. The summed E-state index contributed by atoms with van der Waals surface area (Å²) in [6.07, 6.45) is 2.20. The van der Waals surface area contributed by atoms with Crippen molar-refractivity contribution >= 4 is 27.3 Å². The average molecular weight is 467 g/mol. The van der Waals surface area contributed by atoms with Gasteiger partial charge in [0.15, 0.2) is 17.3 Å². The van der Waals surface area contributed by atoms with Crippen LogP contribution in [0.5, 0.6) is 0 Å². The molecule has 164 valence electrons. The number of aromatic nitrogens is 2. The average Bonchev–Trinajstić information content (AvgIpc) is 3.44. The molecule has 3 aromatic rings. The van der Waals surface area contributed by atoms with E-state index < -0.39 is 27.6 Å². The van der Waals surface area contributed by atoms with E-state index in [0.29, 0.717) is 23.4 Å². The molecule has 1 N–H and O–H groups in total. The second-order valence-electron chi connectivity index (χ2n) is 7.33. The van der Waals surface area contributed by atoms with E-state index in [1.807, 2.05) is 0 Å². The molecular weight excluding hydrogens is 446 g/mol. The fourth-order valence-electron chi connectivity index (χ4n) is 3.47. The molecule has 4 rings (SSSR count). The molecule has 31 heavy (non-hydrogen) atoms. The summed E-state index contributed by atoms with van der Waals surface area (Å²) in [5, 5.41) is 7.15. The van der Waals surface area contributed by atoms with E-state index in [4.69, 9.17) is 0 Å². The summed E-state index contributed by atoms with van der Waals surface area (Å²) in [7, 11) is -0.605. The Balaban J connectivity index is 1.55. The van der Waals surface area contributed by atoms with Crippen LogP contribution in [0.4, 0.5) is 8.78 Å². The lowest BCUT2D eigenvalue weighted by Gasteiger charge is -2.08. The van der Waals surface area contributed by atoms with Crippen molar-refractivity contribution in [3.8, 4) is 5.69 Å². The number of amides is 1. The van der Waals surface area contributed by atoms with E-state index in [1.165, 1.54) is 30.9 Å². The van der Waals surface area contributed by atoms with Gasteiger partial charge in [-0.1, -0.05) is 0 Å². The van der Waals surface area contributed by atoms with Crippen LogP contribution in [-0.2, 0) is 29.4 Å². The second-order valence-corrected chi connectivity index (χ2v) is 10.9. The Morgan fingerprint density at radius 3 is 2.68 bits per heavy atom.